The number of nitro groups is 1. The van der Waals surface area contributed by atoms with Crippen molar-refractivity contribution >= 4 is 40.2 Å². The molecule has 0 aliphatic rings. The predicted molar refractivity (Wildman–Crippen MR) is 81.2 cm³/mol. The fourth-order valence-corrected chi connectivity index (χ4v) is 2.11. The highest BCUT2D eigenvalue weighted by Crippen LogP contribution is 2.19. The third-order valence-corrected chi connectivity index (χ3v) is 3.56. The first kappa shape index (κ1) is 17.3. The lowest BCUT2D eigenvalue weighted by molar-refractivity contribution is -0.384. The van der Waals surface area contributed by atoms with E-state index in [0.29, 0.717) is 3.57 Å². The van der Waals surface area contributed by atoms with Crippen LogP contribution in [0.15, 0.2) is 18.2 Å². The lowest BCUT2D eigenvalue weighted by atomic mass is 10.1. The van der Waals surface area contributed by atoms with Crippen LogP contribution in [0.2, 0.25) is 0 Å². The number of carboxylic acids is 1. The molecule has 8 nitrogen and oxygen atoms in total. The van der Waals surface area contributed by atoms with Crippen LogP contribution in [0.1, 0.15) is 16.8 Å². The van der Waals surface area contributed by atoms with Gasteiger partial charge in [0.15, 0.2) is 0 Å². The summed E-state index contributed by atoms with van der Waals surface area (Å²) in [5, 5.41) is 22.1. The second-order valence-electron chi connectivity index (χ2n) is 4.07. The number of rotatable bonds is 7. The summed E-state index contributed by atoms with van der Waals surface area (Å²) in [5.41, 5.74) is -0.169. The molecule has 0 saturated heterocycles. The molecule has 0 heterocycles. The summed E-state index contributed by atoms with van der Waals surface area (Å²) in [6.45, 7) is 0.170. The number of nitrogens with one attached hydrogen (secondary N) is 1. The van der Waals surface area contributed by atoms with Gasteiger partial charge in [0.25, 0.3) is 11.6 Å². The summed E-state index contributed by atoms with van der Waals surface area (Å²) in [5.74, 6) is -1.87. The number of nitrogens with zero attached hydrogens (tertiary/aromatic N) is 1. The number of benzene rings is 1. The molecule has 9 heteroatoms. The van der Waals surface area contributed by atoms with E-state index in [4.69, 9.17) is 9.84 Å². The van der Waals surface area contributed by atoms with Crippen molar-refractivity contribution in [2.75, 3.05) is 13.7 Å². The lowest BCUT2D eigenvalue weighted by Crippen LogP contribution is -2.41. The predicted octanol–water partition coefficient (Wildman–Crippen LogP) is 1.42. The van der Waals surface area contributed by atoms with Crippen molar-refractivity contribution in [1.29, 1.82) is 0 Å². The summed E-state index contributed by atoms with van der Waals surface area (Å²) in [6, 6.07) is 2.70. The van der Waals surface area contributed by atoms with Gasteiger partial charge < -0.3 is 15.2 Å². The Labute approximate surface area is 133 Å². The van der Waals surface area contributed by atoms with E-state index in [1.807, 2.05) is 22.6 Å². The first-order valence-electron chi connectivity index (χ1n) is 5.83. The number of hydrogen-bond acceptors (Lipinski definition) is 5. The minimum atomic E-state index is -1.19. The summed E-state index contributed by atoms with van der Waals surface area (Å²) >= 11 is 1.85. The molecule has 0 radical (unpaired) electrons. The lowest BCUT2D eigenvalue weighted by Gasteiger charge is -2.14. The first-order valence-corrected chi connectivity index (χ1v) is 6.91. The number of hydrogen-bond donors (Lipinski definition) is 2. The number of amides is 1. The smallest absolute Gasteiger partial charge is 0.326 e. The fourth-order valence-electron chi connectivity index (χ4n) is 1.53. The van der Waals surface area contributed by atoms with Gasteiger partial charge >= 0.3 is 5.97 Å². The van der Waals surface area contributed by atoms with Gasteiger partial charge in [-0.15, -0.1) is 0 Å². The molecular weight excluding hydrogens is 395 g/mol. The summed E-state index contributed by atoms with van der Waals surface area (Å²) in [6.07, 6.45) is 0.100. The summed E-state index contributed by atoms with van der Waals surface area (Å²) in [4.78, 5) is 33.2. The Morgan fingerprint density at radius 3 is 2.71 bits per heavy atom. The number of carbonyl (C=O) groups excluding carboxylic acids is 1. The van der Waals surface area contributed by atoms with Gasteiger partial charge in [-0.1, -0.05) is 0 Å². The SMILES string of the molecule is COCCC(NC(=O)c1cc([N+](=O)[O-])ccc1I)C(=O)O. The number of ether oxygens (including phenoxy) is 1. The zero-order valence-corrected chi connectivity index (χ0v) is 13.2. The van der Waals surface area contributed by atoms with Crippen LogP contribution in [0.25, 0.3) is 0 Å². The topological polar surface area (TPSA) is 119 Å². The minimum absolute atomic E-state index is 0.0634. The third-order valence-electron chi connectivity index (χ3n) is 2.62. The molecule has 1 amide bonds. The molecule has 1 aromatic carbocycles. The number of carbonyl (C=O) groups is 2. The molecule has 0 aliphatic heterocycles. The highest BCUT2D eigenvalue weighted by Gasteiger charge is 2.22. The van der Waals surface area contributed by atoms with Crippen LogP contribution in [0.3, 0.4) is 0 Å². The zero-order chi connectivity index (χ0) is 16.0. The number of carboxylic acid groups (broad SMARTS) is 1. The van der Waals surface area contributed by atoms with Crippen molar-refractivity contribution in [1.82, 2.24) is 5.32 Å². The van der Waals surface area contributed by atoms with E-state index < -0.39 is 22.8 Å². The van der Waals surface area contributed by atoms with Crippen molar-refractivity contribution in [3.63, 3.8) is 0 Å². The van der Waals surface area contributed by atoms with Gasteiger partial charge in [-0.25, -0.2) is 4.79 Å². The van der Waals surface area contributed by atoms with Crippen molar-refractivity contribution < 1.29 is 24.4 Å². The molecule has 0 aromatic heterocycles. The Kier molecular flexibility index (Phi) is 6.49. The standard InChI is InChI=1S/C12H13IN2O6/c1-21-5-4-10(12(17)18)14-11(16)8-6-7(15(19)20)2-3-9(8)13/h2-3,6,10H,4-5H2,1H3,(H,14,16)(H,17,18). The monoisotopic (exact) mass is 408 g/mol. The van der Waals surface area contributed by atoms with Crippen LogP contribution >= 0.6 is 22.6 Å². The van der Waals surface area contributed by atoms with Crippen LogP contribution in [0.4, 0.5) is 5.69 Å². The first-order chi connectivity index (χ1) is 9.86. The molecule has 0 bridgehead atoms. The third kappa shape index (κ3) is 4.93. The average molecular weight is 408 g/mol. The Morgan fingerprint density at radius 2 is 2.19 bits per heavy atom. The fraction of sp³-hybridized carbons (Fsp3) is 0.333. The number of non-ortho nitro benzene ring substituents is 1. The van der Waals surface area contributed by atoms with Gasteiger partial charge in [0.05, 0.1) is 10.5 Å². The van der Waals surface area contributed by atoms with E-state index in [1.54, 1.807) is 0 Å². The molecule has 2 N–H and O–H groups in total. The van der Waals surface area contributed by atoms with Crippen LogP contribution in [-0.2, 0) is 9.53 Å². The van der Waals surface area contributed by atoms with Gasteiger partial charge in [0.1, 0.15) is 6.04 Å². The maximum Gasteiger partial charge on any atom is 0.326 e. The molecule has 1 atom stereocenters. The van der Waals surface area contributed by atoms with Crippen LogP contribution in [0.5, 0.6) is 0 Å². The Balaban J connectivity index is 2.94. The van der Waals surface area contributed by atoms with Crippen LogP contribution < -0.4 is 5.32 Å². The van der Waals surface area contributed by atoms with Gasteiger partial charge in [0, 0.05) is 35.8 Å². The molecular formula is C12H13IN2O6. The number of methoxy groups -OCH3 is 1. The molecule has 0 saturated carbocycles. The van der Waals surface area contributed by atoms with Gasteiger partial charge in [-0.05, 0) is 28.7 Å². The number of aliphatic carboxylic acids is 1. The van der Waals surface area contributed by atoms with Gasteiger partial charge in [0.2, 0.25) is 0 Å². The molecule has 21 heavy (non-hydrogen) atoms. The Morgan fingerprint density at radius 1 is 1.52 bits per heavy atom. The summed E-state index contributed by atoms with van der Waals surface area (Å²) < 4.78 is 5.27. The molecule has 0 fully saturated rings. The molecule has 0 aliphatic carbocycles. The van der Waals surface area contributed by atoms with Crippen molar-refractivity contribution in [2.24, 2.45) is 0 Å². The minimum Gasteiger partial charge on any atom is -0.480 e. The van der Waals surface area contributed by atoms with Crippen molar-refractivity contribution in [3.8, 4) is 0 Å². The number of nitro benzene ring substituents is 1. The van der Waals surface area contributed by atoms with Crippen molar-refractivity contribution in [3.05, 3.63) is 37.4 Å². The molecule has 1 rings (SSSR count). The normalized spacial score (nSPS) is 11.7. The van der Waals surface area contributed by atoms with E-state index in [9.17, 15) is 19.7 Å². The highest BCUT2D eigenvalue weighted by molar-refractivity contribution is 14.1. The molecule has 1 aromatic rings. The maximum atomic E-state index is 12.1. The van der Waals surface area contributed by atoms with E-state index in [1.165, 1.54) is 19.2 Å². The van der Waals surface area contributed by atoms with Gasteiger partial charge in [-0.2, -0.15) is 0 Å². The highest BCUT2D eigenvalue weighted by atomic mass is 127. The van der Waals surface area contributed by atoms with Crippen molar-refractivity contribution in [2.45, 2.75) is 12.5 Å². The Bertz CT molecular complexity index is 563. The zero-order valence-electron chi connectivity index (χ0n) is 11.0. The van der Waals surface area contributed by atoms with E-state index in [-0.39, 0.29) is 24.3 Å². The molecule has 1 unspecified atom stereocenters. The second kappa shape index (κ2) is 7.88. The quantitative estimate of drug-likeness (QED) is 0.400. The summed E-state index contributed by atoms with van der Waals surface area (Å²) in [7, 11) is 1.42. The molecule has 114 valence electrons. The average Bonchev–Trinajstić information content (AvgIpc) is 2.42. The van der Waals surface area contributed by atoms with Crippen LogP contribution in [0, 0.1) is 13.7 Å². The Hall–Kier alpha value is -1.75. The largest absolute Gasteiger partial charge is 0.480 e. The van der Waals surface area contributed by atoms with Gasteiger partial charge in [-0.3, -0.25) is 14.9 Å². The molecule has 0 spiro atoms. The van der Waals surface area contributed by atoms with E-state index in [0.717, 1.165) is 6.07 Å². The number of halogens is 1. The van der Waals surface area contributed by atoms with E-state index >= 15 is 0 Å². The maximum absolute atomic E-state index is 12.1. The van der Waals surface area contributed by atoms with E-state index in [2.05, 4.69) is 5.32 Å². The second-order valence-corrected chi connectivity index (χ2v) is 5.23. The van der Waals surface area contributed by atoms with Crippen LogP contribution in [-0.4, -0.2) is 41.7 Å².